The zero-order chi connectivity index (χ0) is 39.1. The van der Waals surface area contributed by atoms with E-state index in [1.165, 1.54) is 167 Å². The van der Waals surface area contributed by atoms with E-state index >= 15 is 0 Å². The number of rotatable bonds is 43. The minimum Gasteiger partial charge on any atom is -0.457 e. The van der Waals surface area contributed by atoms with Crippen LogP contribution in [0.5, 0.6) is 0 Å². The first kappa shape index (κ1) is 52.5. The predicted molar refractivity (Wildman–Crippen MR) is 224 cm³/mol. The van der Waals surface area contributed by atoms with Crippen molar-refractivity contribution < 1.29 is 37.3 Å². The Balaban J connectivity index is 4.03. The fourth-order valence-corrected chi connectivity index (χ4v) is 7.35. The van der Waals surface area contributed by atoms with Gasteiger partial charge in [-0.2, -0.15) is 0 Å². The summed E-state index contributed by atoms with van der Waals surface area (Å²) in [5.41, 5.74) is 0. The van der Waals surface area contributed by atoms with Gasteiger partial charge in [0.2, 0.25) is 0 Å². The third kappa shape index (κ3) is 42.5. The van der Waals surface area contributed by atoms with Gasteiger partial charge in [-0.15, -0.1) is 0 Å². The largest absolute Gasteiger partial charge is 0.472 e. The molecule has 0 bridgehead atoms. The summed E-state index contributed by atoms with van der Waals surface area (Å²) in [6.07, 6.45) is 40.0. The third-order valence-corrected chi connectivity index (χ3v) is 11.2. The van der Waals surface area contributed by atoms with E-state index in [4.69, 9.17) is 18.5 Å². The molecule has 0 aromatic rings. The molecule has 0 rings (SSSR count). The van der Waals surface area contributed by atoms with E-state index in [-0.39, 0.29) is 25.8 Å². The molecule has 0 aromatic carbocycles. The molecule has 2 unspecified atom stereocenters. The maximum Gasteiger partial charge on any atom is 0.472 e. The zero-order valence-electron chi connectivity index (χ0n) is 36.0. The molecule has 318 valence electrons. The van der Waals surface area contributed by atoms with Crippen LogP contribution in [0.25, 0.3) is 0 Å². The van der Waals surface area contributed by atoms with Gasteiger partial charge in [0.05, 0.1) is 34.4 Å². The van der Waals surface area contributed by atoms with E-state index < -0.39 is 13.9 Å². The number of quaternary nitrogens is 1. The van der Waals surface area contributed by atoms with Crippen LogP contribution in [-0.4, -0.2) is 75.6 Å². The molecule has 2 atom stereocenters. The van der Waals surface area contributed by atoms with Crippen LogP contribution in [0.3, 0.4) is 0 Å². The summed E-state index contributed by atoms with van der Waals surface area (Å²) < 4.78 is 34.9. The Kier molecular flexibility index (Phi) is 38.0. The maximum atomic E-state index is 12.7. The molecule has 1 N–H and O–H groups in total. The second-order valence-electron chi connectivity index (χ2n) is 16.8. The molecule has 0 spiro atoms. The van der Waals surface area contributed by atoms with Gasteiger partial charge in [-0.1, -0.05) is 200 Å². The Morgan fingerprint density at radius 2 is 0.868 bits per heavy atom. The number of likely N-dealkylation sites (N-methyl/N-ethyl adjacent to an activating group) is 1. The molecule has 9 heteroatoms. The number of ether oxygens (including phenoxy) is 2. The number of hydrogen-bond donors (Lipinski definition) is 1. The number of esters is 1. The maximum absolute atomic E-state index is 12.7. The van der Waals surface area contributed by atoms with Crippen LogP contribution in [-0.2, 0) is 27.9 Å². The topological polar surface area (TPSA) is 91.3 Å². The van der Waals surface area contributed by atoms with Crippen molar-refractivity contribution in [1.29, 1.82) is 0 Å². The van der Waals surface area contributed by atoms with E-state index in [0.717, 1.165) is 32.1 Å². The highest BCUT2D eigenvalue weighted by molar-refractivity contribution is 7.47. The van der Waals surface area contributed by atoms with Crippen LogP contribution in [0.2, 0.25) is 0 Å². The van der Waals surface area contributed by atoms with Crippen molar-refractivity contribution >= 4 is 13.8 Å². The van der Waals surface area contributed by atoms with Gasteiger partial charge in [0, 0.05) is 13.0 Å². The lowest BCUT2D eigenvalue weighted by Gasteiger charge is -2.24. The standard InChI is InChI=1S/C44H90NO7P/c1-6-8-10-12-14-16-17-18-19-20-21-22-23-24-25-26-27-28-29-31-33-35-37-44(46)52-43(42-51-53(47,48)50-40-38-45(3,4)5)41-49-39-36-34-32-30-15-13-11-9-7-2/h43H,6-42H2,1-5H3/p+1. The second-order valence-corrected chi connectivity index (χ2v) is 18.3. The molecule has 8 nitrogen and oxygen atoms in total. The van der Waals surface area contributed by atoms with Gasteiger partial charge in [-0.05, 0) is 12.8 Å². The minimum atomic E-state index is -4.26. The summed E-state index contributed by atoms with van der Waals surface area (Å²) in [7, 11) is 1.68. The molecule has 0 heterocycles. The molecular formula is C44H91NO7P+. The van der Waals surface area contributed by atoms with Gasteiger partial charge in [0.1, 0.15) is 19.3 Å². The lowest BCUT2D eigenvalue weighted by molar-refractivity contribution is -0.870. The molecule has 0 aliphatic carbocycles. The minimum absolute atomic E-state index is 0.0936. The molecule has 53 heavy (non-hydrogen) atoms. The van der Waals surface area contributed by atoms with Crippen molar-refractivity contribution in [2.24, 2.45) is 0 Å². The lowest BCUT2D eigenvalue weighted by Crippen LogP contribution is -2.37. The van der Waals surface area contributed by atoms with Crippen LogP contribution in [0.15, 0.2) is 0 Å². The molecule has 0 aliphatic rings. The quantitative estimate of drug-likeness (QED) is 0.0285. The van der Waals surface area contributed by atoms with Gasteiger partial charge in [0.25, 0.3) is 0 Å². The van der Waals surface area contributed by atoms with E-state index in [9.17, 15) is 14.3 Å². The Bertz CT molecular complexity index is 822. The summed E-state index contributed by atoms with van der Waals surface area (Å²) in [6.45, 7) is 5.66. The molecule has 0 aliphatic heterocycles. The van der Waals surface area contributed by atoms with Gasteiger partial charge < -0.3 is 18.9 Å². The average molecular weight is 777 g/mol. The Morgan fingerprint density at radius 3 is 1.25 bits per heavy atom. The van der Waals surface area contributed by atoms with Gasteiger partial charge in [0.15, 0.2) is 0 Å². The molecule has 0 radical (unpaired) electrons. The number of hydrogen-bond acceptors (Lipinski definition) is 6. The number of phosphoric acid groups is 1. The zero-order valence-corrected chi connectivity index (χ0v) is 36.9. The highest BCUT2D eigenvalue weighted by Crippen LogP contribution is 2.43. The summed E-state index contributed by atoms with van der Waals surface area (Å²) in [4.78, 5) is 22.8. The summed E-state index contributed by atoms with van der Waals surface area (Å²) in [6, 6.07) is 0. The molecule has 0 saturated heterocycles. The van der Waals surface area contributed by atoms with Gasteiger partial charge >= 0.3 is 13.8 Å². The van der Waals surface area contributed by atoms with Crippen LogP contribution < -0.4 is 0 Å². The summed E-state index contributed by atoms with van der Waals surface area (Å²) in [5.74, 6) is -0.308. The van der Waals surface area contributed by atoms with Crippen LogP contribution in [0.1, 0.15) is 219 Å². The summed E-state index contributed by atoms with van der Waals surface area (Å²) in [5, 5.41) is 0. The Labute approximate surface area is 329 Å². The van der Waals surface area contributed by atoms with Crippen molar-refractivity contribution in [3.05, 3.63) is 0 Å². The fourth-order valence-electron chi connectivity index (χ4n) is 6.61. The van der Waals surface area contributed by atoms with Crippen molar-refractivity contribution in [1.82, 2.24) is 0 Å². The van der Waals surface area contributed by atoms with Crippen molar-refractivity contribution in [3.8, 4) is 0 Å². The number of unbranched alkanes of at least 4 members (excludes halogenated alkanes) is 29. The third-order valence-electron chi connectivity index (χ3n) is 10.2. The first-order valence-corrected chi connectivity index (χ1v) is 24.3. The van der Waals surface area contributed by atoms with Gasteiger partial charge in [-0.3, -0.25) is 13.8 Å². The number of phosphoric ester groups is 1. The predicted octanol–water partition coefficient (Wildman–Crippen LogP) is 13.3. The van der Waals surface area contributed by atoms with Gasteiger partial charge in [-0.25, -0.2) is 4.57 Å². The second kappa shape index (κ2) is 38.4. The van der Waals surface area contributed by atoms with Crippen molar-refractivity contribution in [2.45, 2.75) is 225 Å². The SMILES string of the molecule is CCCCCCCCCCCCCCCCCCCCCCCCC(=O)OC(COCCCCCCCCCCC)COP(=O)(O)OCC[N+](C)(C)C. The van der Waals surface area contributed by atoms with Crippen molar-refractivity contribution in [2.75, 3.05) is 54.1 Å². The monoisotopic (exact) mass is 777 g/mol. The molecular weight excluding hydrogens is 685 g/mol. The van der Waals surface area contributed by atoms with E-state index in [0.29, 0.717) is 24.1 Å². The van der Waals surface area contributed by atoms with Crippen molar-refractivity contribution in [3.63, 3.8) is 0 Å². The van der Waals surface area contributed by atoms with Crippen LogP contribution >= 0.6 is 7.82 Å². The molecule has 0 aromatic heterocycles. The van der Waals surface area contributed by atoms with Crippen LogP contribution in [0.4, 0.5) is 0 Å². The van der Waals surface area contributed by atoms with Crippen LogP contribution in [0, 0.1) is 0 Å². The lowest BCUT2D eigenvalue weighted by atomic mass is 10.0. The molecule has 0 fully saturated rings. The smallest absolute Gasteiger partial charge is 0.457 e. The fraction of sp³-hybridized carbons (Fsp3) is 0.977. The molecule has 0 amide bonds. The first-order valence-electron chi connectivity index (χ1n) is 22.8. The molecule has 0 saturated carbocycles. The van der Waals surface area contributed by atoms with E-state index in [2.05, 4.69) is 13.8 Å². The number of carbonyl (C=O) groups is 1. The number of carbonyl (C=O) groups excluding carboxylic acids is 1. The number of nitrogens with zero attached hydrogens (tertiary/aromatic N) is 1. The normalized spacial score (nSPS) is 13.7. The Hall–Kier alpha value is -0.500. The van der Waals surface area contributed by atoms with E-state index in [1.54, 1.807) is 0 Å². The summed E-state index contributed by atoms with van der Waals surface area (Å²) >= 11 is 0. The highest BCUT2D eigenvalue weighted by atomic mass is 31.2. The Morgan fingerprint density at radius 1 is 0.509 bits per heavy atom. The average Bonchev–Trinajstić information content (AvgIpc) is 3.11. The first-order chi connectivity index (χ1) is 25.6. The van der Waals surface area contributed by atoms with E-state index in [1.807, 2.05) is 21.1 Å². The highest BCUT2D eigenvalue weighted by Gasteiger charge is 2.26.